The molecule has 1 saturated carbocycles. The van der Waals surface area contributed by atoms with Crippen LogP contribution in [0.25, 0.3) is 0 Å². The predicted octanol–water partition coefficient (Wildman–Crippen LogP) is 3.04. The molecule has 1 aliphatic rings. The molecule has 13 heavy (non-hydrogen) atoms. The Balaban J connectivity index is 2.67. The number of alkyl halides is 1. The van der Waals surface area contributed by atoms with Crippen LogP contribution in [0.3, 0.4) is 0 Å². The second-order valence-electron chi connectivity index (χ2n) is 3.94. The zero-order valence-corrected chi connectivity index (χ0v) is 8.65. The van der Waals surface area contributed by atoms with E-state index in [1.165, 1.54) is 12.8 Å². The first-order chi connectivity index (χ1) is 6.21. The van der Waals surface area contributed by atoms with Crippen LogP contribution in [-0.4, -0.2) is 17.0 Å². The van der Waals surface area contributed by atoms with Gasteiger partial charge in [-0.25, -0.2) is 0 Å². The number of hydrogen-bond acceptors (Lipinski definition) is 1. The van der Waals surface area contributed by atoms with E-state index in [0.29, 0.717) is 12.3 Å². The van der Waals surface area contributed by atoms with Crippen molar-refractivity contribution in [3.05, 3.63) is 0 Å². The summed E-state index contributed by atoms with van der Waals surface area (Å²) in [7, 11) is 0. The van der Waals surface area contributed by atoms with Crippen LogP contribution in [0, 0.1) is 5.41 Å². The molecule has 1 N–H and O–H groups in total. The molecule has 0 radical (unpaired) electrons. The zero-order chi connectivity index (χ0) is 9.73. The van der Waals surface area contributed by atoms with Gasteiger partial charge in [0.15, 0.2) is 0 Å². The SMILES string of the molecule is O=C(O)C1(CCCl)CCCCCC1. The molecule has 3 heteroatoms. The summed E-state index contributed by atoms with van der Waals surface area (Å²) < 4.78 is 0. The Kier molecular flexibility index (Phi) is 4.04. The average Bonchev–Trinajstić information content (AvgIpc) is 2.31. The summed E-state index contributed by atoms with van der Waals surface area (Å²) in [5.74, 6) is -0.179. The van der Waals surface area contributed by atoms with Gasteiger partial charge in [0.25, 0.3) is 0 Å². The first-order valence-electron chi connectivity index (χ1n) is 5.01. The quantitative estimate of drug-likeness (QED) is 0.567. The molecule has 0 saturated heterocycles. The zero-order valence-electron chi connectivity index (χ0n) is 7.89. The lowest BCUT2D eigenvalue weighted by Gasteiger charge is -2.26. The third kappa shape index (κ3) is 2.60. The maximum absolute atomic E-state index is 11.2. The van der Waals surface area contributed by atoms with Crippen LogP contribution in [0.1, 0.15) is 44.9 Å². The predicted molar refractivity (Wildman–Crippen MR) is 53.1 cm³/mol. The monoisotopic (exact) mass is 204 g/mol. The van der Waals surface area contributed by atoms with E-state index >= 15 is 0 Å². The maximum Gasteiger partial charge on any atom is 0.309 e. The molecule has 1 fully saturated rings. The summed E-state index contributed by atoms with van der Waals surface area (Å²) in [6.45, 7) is 0. The van der Waals surface area contributed by atoms with Gasteiger partial charge in [-0.05, 0) is 19.3 Å². The van der Waals surface area contributed by atoms with Crippen molar-refractivity contribution in [2.24, 2.45) is 5.41 Å². The minimum absolute atomic E-state index is 0.465. The van der Waals surface area contributed by atoms with Crippen LogP contribution in [0.5, 0.6) is 0 Å². The summed E-state index contributed by atoms with van der Waals surface area (Å²) in [5, 5.41) is 9.19. The molecule has 0 aromatic carbocycles. The van der Waals surface area contributed by atoms with Gasteiger partial charge in [0.1, 0.15) is 0 Å². The highest BCUT2D eigenvalue weighted by Crippen LogP contribution is 2.38. The molecule has 0 aromatic heterocycles. The number of hydrogen-bond donors (Lipinski definition) is 1. The van der Waals surface area contributed by atoms with Crippen molar-refractivity contribution < 1.29 is 9.90 Å². The number of carboxylic acid groups (broad SMARTS) is 1. The molecule has 0 aliphatic heterocycles. The minimum Gasteiger partial charge on any atom is -0.481 e. The fourth-order valence-electron chi connectivity index (χ4n) is 2.16. The number of carbonyl (C=O) groups is 1. The van der Waals surface area contributed by atoms with Crippen molar-refractivity contribution in [1.29, 1.82) is 0 Å². The van der Waals surface area contributed by atoms with E-state index in [1.807, 2.05) is 0 Å². The number of carboxylic acids is 1. The average molecular weight is 205 g/mol. The molecule has 76 valence electrons. The van der Waals surface area contributed by atoms with Crippen LogP contribution in [-0.2, 0) is 4.79 Å². The van der Waals surface area contributed by atoms with Gasteiger partial charge in [-0.2, -0.15) is 0 Å². The third-order valence-electron chi connectivity index (χ3n) is 3.09. The summed E-state index contributed by atoms with van der Waals surface area (Å²) >= 11 is 5.66. The van der Waals surface area contributed by atoms with Crippen LogP contribution in [0.4, 0.5) is 0 Å². The van der Waals surface area contributed by atoms with Gasteiger partial charge in [0.2, 0.25) is 0 Å². The van der Waals surface area contributed by atoms with E-state index in [2.05, 4.69) is 0 Å². The highest BCUT2D eigenvalue weighted by Gasteiger charge is 2.37. The van der Waals surface area contributed by atoms with Crippen molar-refractivity contribution in [1.82, 2.24) is 0 Å². The third-order valence-corrected chi connectivity index (χ3v) is 3.28. The fourth-order valence-corrected chi connectivity index (χ4v) is 2.52. The van der Waals surface area contributed by atoms with E-state index in [9.17, 15) is 9.90 Å². The second-order valence-corrected chi connectivity index (χ2v) is 4.32. The molecule has 0 spiro atoms. The standard InChI is InChI=1S/C10H17ClO2/c11-8-7-10(9(12)13)5-3-1-2-4-6-10/h1-8H2,(H,12,13). The topological polar surface area (TPSA) is 37.3 Å². The van der Waals surface area contributed by atoms with Crippen LogP contribution >= 0.6 is 11.6 Å². The van der Waals surface area contributed by atoms with Crippen LogP contribution in [0.2, 0.25) is 0 Å². The normalized spacial score (nSPS) is 22.2. The molecular weight excluding hydrogens is 188 g/mol. The largest absolute Gasteiger partial charge is 0.481 e. The molecule has 0 atom stereocenters. The van der Waals surface area contributed by atoms with Gasteiger partial charge >= 0.3 is 5.97 Å². The molecular formula is C10H17ClO2. The number of rotatable bonds is 3. The van der Waals surface area contributed by atoms with Gasteiger partial charge in [-0.15, -0.1) is 11.6 Å². The first kappa shape index (κ1) is 10.8. The number of halogens is 1. The molecule has 0 amide bonds. The lowest BCUT2D eigenvalue weighted by Crippen LogP contribution is -2.30. The van der Waals surface area contributed by atoms with E-state index in [4.69, 9.17) is 11.6 Å². The van der Waals surface area contributed by atoms with Crippen LogP contribution in [0.15, 0.2) is 0 Å². The van der Waals surface area contributed by atoms with Crippen molar-refractivity contribution in [3.8, 4) is 0 Å². The van der Waals surface area contributed by atoms with Gasteiger partial charge < -0.3 is 5.11 Å². The summed E-state index contributed by atoms with van der Waals surface area (Å²) in [5.41, 5.74) is -0.502. The Hall–Kier alpha value is -0.240. The van der Waals surface area contributed by atoms with E-state index in [0.717, 1.165) is 25.7 Å². The van der Waals surface area contributed by atoms with Gasteiger partial charge in [-0.1, -0.05) is 25.7 Å². The molecule has 1 aliphatic carbocycles. The van der Waals surface area contributed by atoms with Gasteiger partial charge in [0, 0.05) is 5.88 Å². The summed E-state index contributed by atoms with van der Waals surface area (Å²) in [4.78, 5) is 11.2. The summed E-state index contributed by atoms with van der Waals surface area (Å²) in [6.07, 6.45) is 6.70. The lowest BCUT2D eigenvalue weighted by molar-refractivity contribution is -0.150. The van der Waals surface area contributed by atoms with Crippen molar-refractivity contribution in [2.45, 2.75) is 44.9 Å². The van der Waals surface area contributed by atoms with Crippen molar-refractivity contribution in [2.75, 3.05) is 5.88 Å². The Labute approximate surface area is 84.3 Å². The smallest absolute Gasteiger partial charge is 0.309 e. The van der Waals surface area contributed by atoms with Crippen molar-refractivity contribution >= 4 is 17.6 Å². The van der Waals surface area contributed by atoms with Gasteiger partial charge in [-0.3, -0.25) is 4.79 Å². The van der Waals surface area contributed by atoms with Crippen LogP contribution < -0.4 is 0 Å². The Morgan fingerprint density at radius 1 is 1.23 bits per heavy atom. The summed E-state index contributed by atoms with van der Waals surface area (Å²) in [6, 6.07) is 0. The molecule has 0 unspecified atom stereocenters. The van der Waals surface area contributed by atoms with E-state index in [-0.39, 0.29) is 0 Å². The highest BCUT2D eigenvalue weighted by molar-refractivity contribution is 6.18. The molecule has 0 heterocycles. The first-order valence-corrected chi connectivity index (χ1v) is 5.54. The molecule has 2 nitrogen and oxygen atoms in total. The molecule has 1 rings (SSSR count). The maximum atomic E-state index is 11.2. The number of aliphatic carboxylic acids is 1. The lowest BCUT2D eigenvalue weighted by atomic mass is 9.78. The fraction of sp³-hybridized carbons (Fsp3) is 0.900. The Morgan fingerprint density at radius 2 is 1.77 bits per heavy atom. The van der Waals surface area contributed by atoms with Gasteiger partial charge in [0.05, 0.1) is 5.41 Å². The molecule has 0 aromatic rings. The molecule has 0 bridgehead atoms. The van der Waals surface area contributed by atoms with E-state index < -0.39 is 11.4 Å². The second kappa shape index (κ2) is 4.85. The minimum atomic E-state index is -0.643. The Bertz CT molecular complexity index is 172. The van der Waals surface area contributed by atoms with E-state index in [1.54, 1.807) is 0 Å². The highest BCUT2D eigenvalue weighted by atomic mass is 35.5. The Morgan fingerprint density at radius 3 is 2.15 bits per heavy atom. The van der Waals surface area contributed by atoms with Crippen molar-refractivity contribution in [3.63, 3.8) is 0 Å².